The van der Waals surface area contributed by atoms with Crippen molar-refractivity contribution < 1.29 is 4.42 Å². The van der Waals surface area contributed by atoms with Crippen LogP contribution in [0.15, 0.2) is 33.7 Å². The van der Waals surface area contributed by atoms with E-state index in [0.29, 0.717) is 5.92 Å². The van der Waals surface area contributed by atoms with Gasteiger partial charge in [-0.25, -0.2) is 4.98 Å². The zero-order valence-electron chi connectivity index (χ0n) is 17.8. The molecule has 1 fully saturated rings. The Morgan fingerprint density at radius 2 is 1.97 bits per heavy atom. The molecule has 3 rings (SSSR count). The Morgan fingerprint density at radius 3 is 2.55 bits per heavy atom. The number of piperidine rings is 1. The average molecular weight is 418 g/mol. The molecular weight excluding hydrogens is 386 g/mol. The topological polar surface area (TPSA) is 65.7 Å². The van der Waals surface area contributed by atoms with Gasteiger partial charge in [-0.05, 0) is 70.3 Å². The van der Waals surface area contributed by atoms with Crippen LogP contribution in [0.3, 0.4) is 0 Å². The van der Waals surface area contributed by atoms with Gasteiger partial charge in [-0.2, -0.15) is 0 Å². The Hall–Kier alpha value is -2.05. The second kappa shape index (κ2) is 10.1. The van der Waals surface area contributed by atoms with Crippen LogP contribution in [0.5, 0.6) is 0 Å². The lowest BCUT2D eigenvalue weighted by Crippen LogP contribution is -2.43. The first-order valence-corrected chi connectivity index (χ1v) is 10.7. The summed E-state index contributed by atoms with van der Waals surface area (Å²) in [7, 11) is 1.81. The van der Waals surface area contributed by atoms with Crippen LogP contribution in [-0.4, -0.2) is 42.5 Å². The molecule has 0 bridgehead atoms. The summed E-state index contributed by atoms with van der Waals surface area (Å²) < 4.78 is 5.72. The van der Waals surface area contributed by atoms with Gasteiger partial charge in [0, 0.05) is 18.6 Å². The molecule has 1 aliphatic heterocycles. The van der Waals surface area contributed by atoms with E-state index in [-0.39, 0.29) is 6.04 Å². The van der Waals surface area contributed by atoms with Gasteiger partial charge in [-0.1, -0.05) is 23.7 Å². The largest absolute Gasteiger partial charge is 0.444 e. The monoisotopic (exact) mass is 417 g/mol. The molecule has 1 unspecified atom stereocenters. The van der Waals surface area contributed by atoms with Crippen molar-refractivity contribution in [3.63, 3.8) is 0 Å². The fourth-order valence-electron chi connectivity index (χ4n) is 3.62. The summed E-state index contributed by atoms with van der Waals surface area (Å²) in [5.74, 6) is 3.23. The zero-order valence-corrected chi connectivity index (χ0v) is 18.6. The van der Waals surface area contributed by atoms with Crippen LogP contribution < -0.4 is 10.6 Å². The molecule has 2 N–H and O–H groups in total. The number of aliphatic imine (C=N–C) groups is 1. The summed E-state index contributed by atoms with van der Waals surface area (Å²) in [6.45, 7) is 9.96. The van der Waals surface area contributed by atoms with Crippen LogP contribution in [0.1, 0.15) is 48.7 Å². The van der Waals surface area contributed by atoms with Gasteiger partial charge in [0.05, 0.1) is 18.3 Å². The highest BCUT2D eigenvalue weighted by molar-refractivity contribution is 6.30. The van der Waals surface area contributed by atoms with Crippen molar-refractivity contribution in [3.8, 4) is 0 Å². The number of hydrogen-bond donors (Lipinski definition) is 2. The first-order chi connectivity index (χ1) is 13.9. The molecule has 7 heteroatoms. The molecule has 2 heterocycles. The minimum atomic E-state index is 0.160. The smallest absolute Gasteiger partial charge is 0.208 e. The fourth-order valence-corrected chi connectivity index (χ4v) is 3.75. The third-order valence-electron chi connectivity index (χ3n) is 5.64. The van der Waals surface area contributed by atoms with Gasteiger partial charge in [-0.3, -0.25) is 9.89 Å². The van der Waals surface area contributed by atoms with E-state index < -0.39 is 0 Å². The minimum Gasteiger partial charge on any atom is -0.444 e. The standard InChI is InChI=1S/C22H32ClN5O/c1-15-17(3)29-21(26-15)14-28-11-9-18(10-12-28)13-25-22(24-4)27-16(2)19-5-7-20(23)8-6-19/h5-8,16,18H,9-14H2,1-4H3,(H2,24,25,27). The number of guanidine groups is 1. The van der Waals surface area contributed by atoms with Crippen LogP contribution in [-0.2, 0) is 6.54 Å². The minimum absolute atomic E-state index is 0.160. The summed E-state index contributed by atoms with van der Waals surface area (Å²) in [5, 5.41) is 7.70. The third-order valence-corrected chi connectivity index (χ3v) is 5.90. The van der Waals surface area contributed by atoms with Crippen molar-refractivity contribution in [2.75, 3.05) is 26.7 Å². The van der Waals surface area contributed by atoms with E-state index >= 15 is 0 Å². The molecule has 1 saturated heterocycles. The maximum Gasteiger partial charge on any atom is 0.208 e. The molecule has 158 valence electrons. The molecule has 1 aromatic carbocycles. The Balaban J connectivity index is 1.41. The van der Waals surface area contributed by atoms with Gasteiger partial charge < -0.3 is 15.1 Å². The molecule has 2 aromatic rings. The van der Waals surface area contributed by atoms with E-state index in [0.717, 1.165) is 67.3 Å². The Bertz CT molecular complexity index is 790. The van der Waals surface area contributed by atoms with Crippen LogP contribution in [0.25, 0.3) is 0 Å². The summed E-state index contributed by atoms with van der Waals surface area (Å²) >= 11 is 5.98. The summed E-state index contributed by atoms with van der Waals surface area (Å²) in [6, 6.07) is 8.08. The molecule has 6 nitrogen and oxygen atoms in total. The Kier molecular flexibility index (Phi) is 7.56. The maximum atomic E-state index is 5.98. The van der Waals surface area contributed by atoms with Crippen LogP contribution in [0.4, 0.5) is 0 Å². The summed E-state index contributed by atoms with van der Waals surface area (Å²) in [5.41, 5.74) is 2.17. The highest BCUT2D eigenvalue weighted by atomic mass is 35.5. The van der Waals surface area contributed by atoms with Crippen molar-refractivity contribution in [2.45, 2.75) is 46.2 Å². The van der Waals surface area contributed by atoms with Gasteiger partial charge in [0.15, 0.2) is 5.96 Å². The van der Waals surface area contributed by atoms with E-state index in [9.17, 15) is 0 Å². The number of rotatable bonds is 6. The summed E-state index contributed by atoms with van der Waals surface area (Å²) in [6.07, 6.45) is 2.32. The predicted molar refractivity (Wildman–Crippen MR) is 118 cm³/mol. The van der Waals surface area contributed by atoms with E-state index in [1.807, 2.05) is 45.2 Å². The number of likely N-dealkylation sites (tertiary alicyclic amines) is 1. The van der Waals surface area contributed by atoms with Crippen LogP contribution in [0, 0.1) is 19.8 Å². The lowest BCUT2D eigenvalue weighted by molar-refractivity contribution is 0.164. The number of nitrogens with zero attached hydrogens (tertiary/aromatic N) is 3. The molecule has 0 amide bonds. The second-order valence-electron chi connectivity index (χ2n) is 7.84. The molecule has 1 aromatic heterocycles. The number of benzene rings is 1. The quantitative estimate of drug-likeness (QED) is 0.547. The molecule has 29 heavy (non-hydrogen) atoms. The molecule has 0 spiro atoms. The highest BCUT2D eigenvalue weighted by Gasteiger charge is 2.21. The van der Waals surface area contributed by atoms with E-state index in [2.05, 4.69) is 32.4 Å². The first-order valence-electron chi connectivity index (χ1n) is 10.3. The zero-order chi connectivity index (χ0) is 20.8. The number of oxazole rings is 1. The van der Waals surface area contributed by atoms with Crippen molar-refractivity contribution in [1.29, 1.82) is 0 Å². The number of hydrogen-bond acceptors (Lipinski definition) is 4. The van der Waals surface area contributed by atoms with E-state index in [1.165, 1.54) is 5.56 Å². The van der Waals surface area contributed by atoms with Crippen molar-refractivity contribution in [2.24, 2.45) is 10.9 Å². The molecular formula is C22H32ClN5O. The van der Waals surface area contributed by atoms with Crippen LogP contribution >= 0.6 is 11.6 Å². The summed E-state index contributed by atoms with van der Waals surface area (Å²) in [4.78, 5) is 11.3. The van der Waals surface area contributed by atoms with Crippen molar-refractivity contribution >= 4 is 17.6 Å². The molecule has 0 radical (unpaired) electrons. The molecule has 1 aliphatic rings. The fraction of sp³-hybridized carbons (Fsp3) is 0.545. The third kappa shape index (κ3) is 6.21. The number of nitrogens with one attached hydrogen (secondary N) is 2. The normalized spacial score (nSPS) is 17.3. The average Bonchev–Trinajstić information content (AvgIpc) is 3.03. The molecule has 0 aliphatic carbocycles. The van der Waals surface area contributed by atoms with E-state index in [1.54, 1.807) is 0 Å². The van der Waals surface area contributed by atoms with Gasteiger partial charge in [0.1, 0.15) is 5.76 Å². The maximum absolute atomic E-state index is 5.98. The van der Waals surface area contributed by atoms with Crippen LogP contribution in [0.2, 0.25) is 5.02 Å². The Labute approximate surface area is 178 Å². The van der Waals surface area contributed by atoms with Crippen molar-refractivity contribution in [1.82, 2.24) is 20.5 Å². The van der Waals surface area contributed by atoms with Gasteiger partial charge in [0.2, 0.25) is 5.89 Å². The van der Waals surface area contributed by atoms with Crippen molar-refractivity contribution in [3.05, 3.63) is 52.2 Å². The highest BCUT2D eigenvalue weighted by Crippen LogP contribution is 2.20. The SMILES string of the molecule is CN=C(NCC1CCN(Cc2nc(C)c(C)o2)CC1)NC(C)c1ccc(Cl)cc1. The van der Waals surface area contributed by atoms with E-state index in [4.69, 9.17) is 16.0 Å². The predicted octanol–water partition coefficient (Wildman–Crippen LogP) is 4.08. The number of halogens is 1. The molecule has 0 saturated carbocycles. The number of aryl methyl sites for hydroxylation is 2. The molecule has 1 atom stereocenters. The van der Waals surface area contributed by atoms with Gasteiger partial charge >= 0.3 is 0 Å². The van der Waals surface area contributed by atoms with Gasteiger partial charge in [-0.15, -0.1) is 0 Å². The van der Waals surface area contributed by atoms with Gasteiger partial charge in [0.25, 0.3) is 0 Å². The first kappa shape index (κ1) is 21.7. The lowest BCUT2D eigenvalue weighted by atomic mass is 9.97. The lowest BCUT2D eigenvalue weighted by Gasteiger charge is -2.31. The second-order valence-corrected chi connectivity index (χ2v) is 8.28. The Morgan fingerprint density at radius 1 is 1.28 bits per heavy atom. The number of aromatic nitrogens is 1.